The van der Waals surface area contributed by atoms with Crippen molar-refractivity contribution in [2.24, 2.45) is 0 Å². The minimum Gasteiger partial charge on any atom is -0.289 e. The molecule has 0 saturated carbocycles. The maximum atomic E-state index is 11.5. The summed E-state index contributed by atoms with van der Waals surface area (Å²) in [6, 6.07) is 7.19. The van der Waals surface area contributed by atoms with E-state index in [2.05, 4.69) is 0 Å². The Hall–Kier alpha value is -1.44. The minimum atomic E-state index is -0.631. The van der Waals surface area contributed by atoms with Gasteiger partial charge in [-0.25, -0.2) is 0 Å². The van der Waals surface area contributed by atoms with Crippen LogP contribution in [0.2, 0.25) is 0 Å². The van der Waals surface area contributed by atoms with Crippen molar-refractivity contribution >= 4 is 11.6 Å². The lowest BCUT2D eigenvalue weighted by atomic mass is 9.86. The second-order valence-electron chi connectivity index (χ2n) is 3.83. The van der Waals surface area contributed by atoms with E-state index in [1.54, 1.807) is 26.0 Å². The van der Waals surface area contributed by atoms with Gasteiger partial charge < -0.3 is 0 Å². The minimum absolute atomic E-state index is 0.297. The molecule has 2 rings (SSSR count). The maximum Gasteiger partial charge on any atom is 0.229 e. The van der Waals surface area contributed by atoms with Crippen LogP contribution in [0.3, 0.4) is 0 Å². The molecule has 0 aromatic heterocycles. The lowest BCUT2D eigenvalue weighted by molar-refractivity contribution is -0.118. The van der Waals surface area contributed by atoms with Crippen LogP contribution in [0, 0.1) is 0 Å². The standard InChI is InChI=1S/C11H10O2/c1-11(2)8-6-4-3-5-7(8)9(12)10(11)13/h3-6H,1-2H3. The first kappa shape index (κ1) is 8.17. The Morgan fingerprint density at radius 3 is 2.31 bits per heavy atom. The normalized spacial score (nSPS) is 18.9. The number of Topliss-reactive ketones (excluding diaryl/α,β-unsaturated/α-hetero) is 2. The number of rotatable bonds is 0. The molecule has 0 N–H and O–H groups in total. The van der Waals surface area contributed by atoms with E-state index in [1.165, 1.54) is 0 Å². The molecule has 0 fully saturated rings. The average molecular weight is 174 g/mol. The van der Waals surface area contributed by atoms with Gasteiger partial charge >= 0.3 is 0 Å². The fourth-order valence-electron chi connectivity index (χ4n) is 1.75. The van der Waals surface area contributed by atoms with Crippen LogP contribution in [-0.4, -0.2) is 11.6 Å². The highest BCUT2D eigenvalue weighted by Crippen LogP contribution is 2.34. The van der Waals surface area contributed by atoms with Crippen molar-refractivity contribution in [1.29, 1.82) is 0 Å². The Balaban J connectivity index is 2.75. The van der Waals surface area contributed by atoms with E-state index < -0.39 is 5.41 Å². The summed E-state index contributed by atoms with van der Waals surface area (Å²) in [5.74, 6) is -0.644. The number of hydrogen-bond acceptors (Lipinski definition) is 2. The van der Waals surface area contributed by atoms with Crippen LogP contribution >= 0.6 is 0 Å². The molecular weight excluding hydrogens is 164 g/mol. The smallest absolute Gasteiger partial charge is 0.229 e. The second-order valence-corrected chi connectivity index (χ2v) is 3.83. The van der Waals surface area contributed by atoms with Crippen molar-refractivity contribution in [3.05, 3.63) is 35.4 Å². The SMILES string of the molecule is CC1(C)C(=O)C(=O)c2ccccc21. The zero-order valence-corrected chi connectivity index (χ0v) is 7.63. The van der Waals surface area contributed by atoms with Crippen LogP contribution in [0.15, 0.2) is 24.3 Å². The predicted molar refractivity (Wildman–Crippen MR) is 48.8 cm³/mol. The quantitative estimate of drug-likeness (QED) is 0.561. The van der Waals surface area contributed by atoms with E-state index in [0.29, 0.717) is 5.56 Å². The van der Waals surface area contributed by atoms with Crippen LogP contribution in [0.5, 0.6) is 0 Å². The molecule has 0 heterocycles. The average Bonchev–Trinajstić information content (AvgIpc) is 2.30. The molecular formula is C11H10O2. The van der Waals surface area contributed by atoms with Gasteiger partial charge in [-0.3, -0.25) is 9.59 Å². The fraction of sp³-hybridized carbons (Fsp3) is 0.273. The summed E-state index contributed by atoms with van der Waals surface area (Å²) in [5, 5.41) is 0. The van der Waals surface area contributed by atoms with Gasteiger partial charge in [0.05, 0.1) is 5.41 Å². The molecule has 0 spiro atoms. The first-order valence-corrected chi connectivity index (χ1v) is 4.24. The van der Waals surface area contributed by atoms with Crippen LogP contribution in [0.25, 0.3) is 0 Å². The molecule has 0 saturated heterocycles. The van der Waals surface area contributed by atoms with E-state index >= 15 is 0 Å². The molecule has 2 nitrogen and oxygen atoms in total. The third-order valence-corrected chi connectivity index (χ3v) is 2.62. The number of benzene rings is 1. The molecule has 1 aliphatic rings. The summed E-state index contributed by atoms with van der Waals surface area (Å²) < 4.78 is 0. The summed E-state index contributed by atoms with van der Waals surface area (Å²) >= 11 is 0. The van der Waals surface area contributed by atoms with Crippen molar-refractivity contribution in [2.75, 3.05) is 0 Å². The van der Waals surface area contributed by atoms with Gasteiger partial charge in [-0.2, -0.15) is 0 Å². The topological polar surface area (TPSA) is 34.1 Å². The lowest BCUT2D eigenvalue weighted by Crippen LogP contribution is -2.26. The van der Waals surface area contributed by atoms with E-state index in [4.69, 9.17) is 0 Å². The highest BCUT2D eigenvalue weighted by molar-refractivity contribution is 6.50. The molecule has 13 heavy (non-hydrogen) atoms. The Kier molecular flexibility index (Phi) is 1.44. The summed E-state index contributed by atoms with van der Waals surface area (Å²) in [5.41, 5.74) is 0.788. The largest absolute Gasteiger partial charge is 0.289 e. The first-order chi connectivity index (χ1) is 6.05. The number of carbonyl (C=O) groups excluding carboxylic acids is 2. The number of carbonyl (C=O) groups is 2. The Morgan fingerprint density at radius 1 is 1.08 bits per heavy atom. The molecule has 66 valence electrons. The van der Waals surface area contributed by atoms with E-state index in [1.807, 2.05) is 12.1 Å². The van der Waals surface area contributed by atoms with Gasteiger partial charge in [-0.05, 0) is 19.4 Å². The molecule has 0 bridgehead atoms. The van der Waals surface area contributed by atoms with Crippen molar-refractivity contribution in [3.8, 4) is 0 Å². The summed E-state index contributed by atoms with van der Waals surface area (Å²) in [4.78, 5) is 23.0. The highest BCUT2D eigenvalue weighted by atomic mass is 16.2. The second kappa shape index (κ2) is 2.28. The number of hydrogen-bond donors (Lipinski definition) is 0. The predicted octanol–water partition coefficient (Wildman–Crippen LogP) is 1.73. The molecule has 1 aromatic carbocycles. The molecule has 1 aliphatic carbocycles. The van der Waals surface area contributed by atoms with Crippen LogP contribution < -0.4 is 0 Å². The van der Waals surface area contributed by atoms with Crippen LogP contribution in [0.4, 0.5) is 0 Å². The van der Waals surface area contributed by atoms with Crippen LogP contribution in [0.1, 0.15) is 29.8 Å². The first-order valence-electron chi connectivity index (χ1n) is 4.24. The molecule has 2 heteroatoms. The third kappa shape index (κ3) is 0.886. The fourth-order valence-corrected chi connectivity index (χ4v) is 1.75. The molecule has 0 radical (unpaired) electrons. The van der Waals surface area contributed by atoms with Crippen LogP contribution in [-0.2, 0) is 10.2 Å². The third-order valence-electron chi connectivity index (χ3n) is 2.62. The molecule has 0 amide bonds. The van der Waals surface area contributed by atoms with Gasteiger partial charge in [0.1, 0.15) is 0 Å². The van der Waals surface area contributed by atoms with Gasteiger partial charge in [-0.15, -0.1) is 0 Å². The van der Waals surface area contributed by atoms with Crippen molar-refractivity contribution < 1.29 is 9.59 Å². The summed E-state index contributed by atoms with van der Waals surface area (Å²) in [6.45, 7) is 3.58. The Bertz CT molecular complexity index is 402. The van der Waals surface area contributed by atoms with E-state index in [-0.39, 0.29) is 11.6 Å². The van der Waals surface area contributed by atoms with Gasteiger partial charge in [-0.1, -0.05) is 24.3 Å². The zero-order valence-electron chi connectivity index (χ0n) is 7.63. The van der Waals surface area contributed by atoms with E-state index in [0.717, 1.165) is 5.56 Å². The molecule has 0 atom stereocenters. The summed E-state index contributed by atoms with van der Waals surface area (Å²) in [6.07, 6.45) is 0. The summed E-state index contributed by atoms with van der Waals surface area (Å²) in [7, 11) is 0. The van der Waals surface area contributed by atoms with Gasteiger partial charge in [0.15, 0.2) is 0 Å². The number of ketones is 2. The van der Waals surface area contributed by atoms with Gasteiger partial charge in [0.2, 0.25) is 11.6 Å². The Morgan fingerprint density at radius 2 is 1.69 bits per heavy atom. The Labute approximate surface area is 76.6 Å². The van der Waals surface area contributed by atoms with Crippen molar-refractivity contribution in [1.82, 2.24) is 0 Å². The monoisotopic (exact) mass is 174 g/mol. The highest BCUT2D eigenvalue weighted by Gasteiger charge is 2.44. The van der Waals surface area contributed by atoms with E-state index in [9.17, 15) is 9.59 Å². The number of fused-ring (bicyclic) bond motifs is 1. The van der Waals surface area contributed by atoms with Gasteiger partial charge in [0, 0.05) is 5.56 Å². The molecule has 1 aromatic rings. The molecule has 0 unspecified atom stereocenters. The van der Waals surface area contributed by atoms with Crippen molar-refractivity contribution in [3.63, 3.8) is 0 Å². The zero-order chi connectivity index (χ0) is 9.64. The lowest BCUT2D eigenvalue weighted by Gasteiger charge is -2.14. The van der Waals surface area contributed by atoms with Gasteiger partial charge in [0.25, 0.3) is 0 Å². The maximum absolute atomic E-state index is 11.5. The molecule has 0 aliphatic heterocycles. The van der Waals surface area contributed by atoms with Crippen molar-refractivity contribution in [2.45, 2.75) is 19.3 Å².